The van der Waals surface area contributed by atoms with Crippen molar-refractivity contribution in [1.82, 2.24) is 0 Å². The van der Waals surface area contributed by atoms with Gasteiger partial charge in [-0.2, -0.15) is 5.26 Å². The number of nitriles is 1. The van der Waals surface area contributed by atoms with E-state index in [-0.39, 0.29) is 5.69 Å². The Hall–Kier alpha value is -2.17. The minimum Gasteiger partial charge on any atom is -0.379 e. The number of ether oxygens (including phenoxy) is 2. The quantitative estimate of drug-likeness (QED) is 0.666. The Morgan fingerprint density at radius 1 is 1.28 bits per heavy atom. The van der Waals surface area contributed by atoms with Crippen LogP contribution in [0, 0.1) is 32.8 Å². The van der Waals surface area contributed by atoms with Crippen LogP contribution in [-0.2, 0) is 9.47 Å². The molecule has 7 heteroatoms. The number of anilines is 1. The molecule has 1 N–H and O–H groups in total. The van der Waals surface area contributed by atoms with Crippen LogP contribution in [0.15, 0.2) is 18.2 Å². The van der Waals surface area contributed by atoms with E-state index in [4.69, 9.17) is 14.7 Å². The maximum absolute atomic E-state index is 11.3. The molecule has 25 heavy (non-hydrogen) atoms. The summed E-state index contributed by atoms with van der Waals surface area (Å²) in [7, 11) is 0. The molecule has 3 fully saturated rings. The summed E-state index contributed by atoms with van der Waals surface area (Å²) in [6.07, 6.45) is 5.25. The summed E-state index contributed by atoms with van der Waals surface area (Å²) in [5.74, 6) is -0.106. The lowest BCUT2D eigenvalue weighted by molar-refractivity contribution is -0.384. The summed E-state index contributed by atoms with van der Waals surface area (Å²) in [5, 5.41) is 23.6. The summed E-state index contributed by atoms with van der Waals surface area (Å²) in [6, 6.07) is 6.45. The molecule has 1 saturated heterocycles. The average molecular weight is 343 g/mol. The van der Waals surface area contributed by atoms with Crippen molar-refractivity contribution < 1.29 is 14.4 Å². The molecule has 0 radical (unpaired) electrons. The molecule has 7 nitrogen and oxygen atoms in total. The Labute approximate surface area is 146 Å². The molecule has 0 amide bonds. The van der Waals surface area contributed by atoms with Crippen LogP contribution in [0.3, 0.4) is 0 Å². The molecular weight excluding hydrogens is 322 g/mol. The van der Waals surface area contributed by atoms with Crippen molar-refractivity contribution in [3.8, 4) is 6.07 Å². The molecule has 2 aliphatic carbocycles. The zero-order valence-electron chi connectivity index (χ0n) is 14.0. The number of nitro benzene ring substituents is 1. The van der Waals surface area contributed by atoms with Crippen molar-refractivity contribution in [2.45, 2.75) is 37.9 Å². The minimum absolute atomic E-state index is 0.00253. The van der Waals surface area contributed by atoms with Gasteiger partial charge in [0.15, 0.2) is 5.79 Å². The molecular formula is C18H21N3O4. The largest absolute Gasteiger partial charge is 0.379 e. The van der Waals surface area contributed by atoms with E-state index in [0.717, 1.165) is 19.3 Å². The summed E-state index contributed by atoms with van der Waals surface area (Å²) in [6.45, 7) is 1.91. The fourth-order valence-electron chi connectivity index (χ4n) is 4.34. The van der Waals surface area contributed by atoms with E-state index >= 15 is 0 Å². The van der Waals surface area contributed by atoms with Gasteiger partial charge in [0.05, 0.1) is 29.8 Å². The van der Waals surface area contributed by atoms with Gasteiger partial charge in [-0.05, 0) is 42.7 Å². The molecule has 1 aromatic carbocycles. The van der Waals surface area contributed by atoms with Crippen LogP contribution < -0.4 is 5.32 Å². The Bertz CT molecular complexity index is 732. The summed E-state index contributed by atoms with van der Waals surface area (Å²) < 4.78 is 11.8. The highest BCUT2D eigenvalue weighted by molar-refractivity contribution is 5.64. The molecule has 0 bridgehead atoms. The normalized spacial score (nSPS) is 25.6. The van der Waals surface area contributed by atoms with Crippen molar-refractivity contribution >= 4 is 11.4 Å². The van der Waals surface area contributed by atoms with Gasteiger partial charge in [0.1, 0.15) is 5.69 Å². The third-order valence-electron chi connectivity index (χ3n) is 5.99. The van der Waals surface area contributed by atoms with E-state index in [2.05, 4.69) is 5.32 Å². The lowest BCUT2D eigenvalue weighted by Gasteiger charge is -2.41. The highest BCUT2D eigenvalue weighted by Gasteiger charge is 2.57. The number of benzene rings is 1. The van der Waals surface area contributed by atoms with Crippen LogP contribution in [0.5, 0.6) is 0 Å². The van der Waals surface area contributed by atoms with Crippen molar-refractivity contribution in [2.24, 2.45) is 11.3 Å². The highest BCUT2D eigenvalue weighted by atomic mass is 16.7. The molecule has 2 saturated carbocycles. The molecule has 132 valence electrons. The van der Waals surface area contributed by atoms with Gasteiger partial charge in [0.2, 0.25) is 0 Å². The SMILES string of the molecule is N#Cc1ccc([N+](=O)[O-])c(NC[C@@H]2CC3(CCC24CC4)OCCO3)c1. The first kappa shape index (κ1) is 16.3. The molecule has 0 unspecified atom stereocenters. The Balaban J connectivity index is 1.52. The van der Waals surface area contributed by atoms with Gasteiger partial charge in [0, 0.05) is 25.5 Å². The summed E-state index contributed by atoms with van der Waals surface area (Å²) >= 11 is 0. The molecule has 1 aromatic rings. The van der Waals surface area contributed by atoms with Crippen molar-refractivity contribution in [3.05, 3.63) is 33.9 Å². The van der Waals surface area contributed by atoms with E-state index in [9.17, 15) is 10.1 Å². The van der Waals surface area contributed by atoms with E-state index in [0.29, 0.717) is 42.3 Å². The Morgan fingerprint density at radius 3 is 2.64 bits per heavy atom. The van der Waals surface area contributed by atoms with Crippen molar-refractivity contribution in [1.29, 1.82) is 5.26 Å². The topological polar surface area (TPSA) is 97.4 Å². The van der Waals surface area contributed by atoms with Crippen LogP contribution in [0.4, 0.5) is 11.4 Å². The zero-order valence-corrected chi connectivity index (χ0v) is 14.0. The van der Waals surface area contributed by atoms with E-state index < -0.39 is 10.7 Å². The molecule has 0 aromatic heterocycles. The third-order valence-corrected chi connectivity index (χ3v) is 5.99. The van der Waals surface area contributed by atoms with Gasteiger partial charge in [-0.1, -0.05) is 0 Å². The second kappa shape index (κ2) is 5.97. The Kier molecular flexibility index (Phi) is 3.89. The van der Waals surface area contributed by atoms with Gasteiger partial charge in [-0.3, -0.25) is 10.1 Å². The van der Waals surface area contributed by atoms with Gasteiger partial charge in [-0.15, -0.1) is 0 Å². The number of nitro groups is 1. The second-order valence-corrected chi connectivity index (χ2v) is 7.35. The first-order valence-corrected chi connectivity index (χ1v) is 8.76. The zero-order chi connectivity index (χ0) is 17.5. The first-order chi connectivity index (χ1) is 12.1. The second-order valence-electron chi connectivity index (χ2n) is 7.35. The van der Waals surface area contributed by atoms with Crippen molar-refractivity contribution in [3.63, 3.8) is 0 Å². The smallest absolute Gasteiger partial charge is 0.292 e. The third kappa shape index (κ3) is 2.96. The number of rotatable bonds is 4. The van der Waals surface area contributed by atoms with Gasteiger partial charge < -0.3 is 14.8 Å². The lowest BCUT2D eigenvalue weighted by atomic mass is 9.73. The Morgan fingerprint density at radius 2 is 2.00 bits per heavy atom. The summed E-state index contributed by atoms with van der Waals surface area (Å²) in [5.41, 5.74) is 1.15. The van der Waals surface area contributed by atoms with Crippen molar-refractivity contribution in [2.75, 3.05) is 25.1 Å². The fraction of sp³-hybridized carbons (Fsp3) is 0.611. The number of nitrogens with one attached hydrogen (secondary N) is 1. The highest BCUT2D eigenvalue weighted by Crippen LogP contribution is 2.62. The predicted octanol–water partition coefficient (Wildman–Crippen LogP) is 3.20. The summed E-state index contributed by atoms with van der Waals surface area (Å²) in [4.78, 5) is 10.8. The van der Waals surface area contributed by atoms with Crippen LogP contribution >= 0.6 is 0 Å². The van der Waals surface area contributed by atoms with Gasteiger partial charge in [-0.25, -0.2) is 0 Å². The molecule has 1 heterocycles. The van der Waals surface area contributed by atoms with E-state index in [1.54, 1.807) is 6.07 Å². The van der Waals surface area contributed by atoms with Gasteiger partial charge in [0.25, 0.3) is 5.69 Å². The maximum Gasteiger partial charge on any atom is 0.292 e. The van der Waals surface area contributed by atoms with E-state index in [1.807, 2.05) is 6.07 Å². The molecule has 3 aliphatic rings. The monoisotopic (exact) mass is 343 g/mol. The van der Waals surface area contributed by atoms with Crippen LogP contribution in [0.25, 0.3) is 0 Å². The van der Waals surface area contributed by atoms with Gasteiger partial charge >= 0.3 is 0 Å². The first-order valence-electron chi connectivity index (χ1n) is 8.76. The van der Waals surface area contributed by atoms with Crippen LogP contribution in [-0.4, -0.2) is 30.5 Å². The standard InChI is InChI=1S/C18H21N3O4/c19-11-13-1-2-16(21(22)23)15(9-13)20-12-14-10-18(24-7-8-25-18)6-5-17(14)3-4-17/h1-2,9,14,20H,3-8,10,12H2/t14-/m0/s1. The molecule has 1 atom stereocenters. The molecule has 2 spiro atoms. The van der Waals surface area contributed by atoms with E-state index in [1.165, 1.54) is 25.0 Å². The predicted molar refractivity (Wildman–Crippen MR) is 89.9 cm³/mol. The number of hydrogen-bond acceptors (Lipinski definition) is 6. The van der Waals surface area contributed by atoms with Crippen LogP contribution in [0.2, 0.25) is 0 Å². The molecule has 1 aliphatic heterocycles. The minimum atomic E-state index is -0.458. The maximum atomic E-state index is 11.3. The van der Waals surface area contributed by atoms with Crippen LogP contribution in [0.1, 0.15) is 37.7 Å². The number of nitrogens with zero attached hydrogens (tertiary/aromatic N) is 2. The lowest BCUT2D eigenvalue weighted by Crippen LogP contribution is -2.43. The number of hydrogen-bond donors (Lipinski definition) is 1. The fourth-order valence-corrected chi connectivity index (χ4v) is 4.34. The molecule has 4 rings (SSSR count). The average Bonchev–Trinajstić information content (AvgIpc) is 3.27.